The van der Waals surface area contributed by atoms with Crippen LogP contribution in [0.15, 0.2) is 36.8 Å². The van der Waals surface area contributed by atoms with Crippen LogP contribution in [0.4, 0.5) is 5.82 Å². The molecule has 2 aromatic heterocycles. The average Bonchev–Trinajstić information content (AvgIpc) is 2.93. The zero-order chi connectivity index (χ0) is 14.9. The fourth-order valence-corrected chi connectivity index (χ4v) is 2.24. The second-order valence-corrected chi connectivity index (χ2v) is 6.16. The maximum atomic E-state index is 4.28. The van der Waals surface area contributed by atoms with E-state index in [9.17, 15) is 0 Å². The second-order valence-electron chi connectivity index (χ2n) is 6.16. The molecule has 2 N–H and O–H groups in total. The van der Waals surface area contributed by atoms with Crippen molar-refractivity contribution in [2.24, 2.45) is 0 Å². The third kappa shape index (κ3) is 2.86. The molecule has 0 bridgehead atoms. The van der Waals surface area contributed by atoms with Crippen LogP contribution in [0, 0.1) is 0 Å². The molecule has 0 aliphatic rings. The van der Waals surface area contributed by atoms with Gasteiger partial charge in [0.05, 0.1) is 11.6 Å². The number of fused-ring (bicyclic) bond motifs is 1. The zero-order valence-electron chi connectivity index (χ0n) is 12.5. The number of nitrogens with zero attached hydrogens (tertiary/aromatic N) is 3. The molecule has 3 rings (SSSR count). The standard InChI is InChI=1S/C16H19N5/c1-16(2,3)12-6-4-5-11(7-12)8-17-14-13-9-20-21-15(13)19-10-18-14/h4-7,9-10H,8H2,1-3H3,(H2,17,18,19,20,21). The highest BCUT2D eigenvalue weighted by atomic mass is 15.2. The zero-order valence-corrected chi connectivity index (χ0v) is 12.5. The van der Waals surface area contributed by atoms with Gasteiger partial charge in [0.1, 0.15) is 12.1 Å². The van der Waals surface area contributed by atoms with Crippen molar-refractivity contribution in [3.8, 4) is 0 Å². The van der Waals surface area contributed by atoms with Gasteiger partial charge in [-0.2, -0.15) is 5.10 Å². The predicted molar refractivity (Wildman–Crippen MR) is 84.2 cm³/mol. The molecule has 0 radical (unpaired) electrons. The lowest BCUT2D eigenvalue weighted by Crippen LogP contribution is -2.12. The highest BCUT2D eigenvalue weighted by Gasteiger charge is 2.13. The first-order valence-electron chi connectivity index (χ1n) is 7.01. The van der Waals surface area contributed by atoms with Crippen molar-refractivity contribution in [1.29, 1.82) is 0 Å². The Bertz CT molecular complexity index is 754. The smallest absolute Gasteiger partial charge is 0.160 e. The summed E-state index contributed by atoms with van der Waals surface area (Å²) in [5.41, 5.74) is 3.47. The van der Waals surface area contributed by atoms with Crippen LogP contribution in [0.1, 0.15) is 31.9 Å². The number of aromatic nitrogens is 4. The number of hydrogen-bond donors (Lipinski definition) is 2. The number of anilines is 1. The van der Waals surface area contributed by atoms with Crippen molar-refractivity contribution in [1.82, 2.24) is 20.2 Å². The monoisotopic (exact) mass is 281 g/mol. The van der Waals surface area contributed by atoms with E-state index in [2.05, 4.69) is 70.5 Å². The molecule has 2 heterocycles. The van der Waals surface area contributed by atoms with Crippen molar-refractivity contribution in [2.75, 3.05) is 5.32 Å². The molecule has 3 aromatic rings. The first-order valence-corrected chi connectivity index (χ1v) is 7.01. The first-order chi connectivity index (χ1) is 10.0. The van der Waals surface area contributed by atoms with Gasteiger partial charge < -0.3 is 5.32 Å². The van der Waals surface area contributed by atoms with E-state index in [0.717, 1.165) is 23.4 Å². The average molecular weight is 281 g/mol. The molecule has 1 aromatic carbocycles. The van der Waals surface area contributed by atoms with Crippen LogP contribution in [0.25, 0.3) is 11.0 Å². The molecular weight excluding hydrogens is 262 g/mol. The van der Waals surface area contributed by atoms with Crippen molar-refractivity contribution >= 4 is 16.9 Å². The lowest BCUT2D eigenvalue weighted by Gasteiger charge is -2.20. The van der Waals surface area contributed by atoms with E-state index >= 15 is 0 Å². The van der Waals surface area contributed by atoms with Crippen LogP contribution < -0.4 is 5.32 Å². The van der Waals surface area contributed by atoms with Gasteiger partial charge in [0.25, 0.3) is 0 Å². The second kappa shape index (κ2) is 5.16. The van der Waals surface area contributed by atoms with E-state index in [-0.39, 0.29) is 5.41 Å². The van der Waals surface area contributed by atoms with Gasteiger partial charge in [-0.3, -0.25) is 5.10 Å². The van der Waals surface area contributed by atoms with Gasteiger partial charge in [-0.05, 0) is 16.5 Å². The van der Waals surface area contributed by atoms with E-state index in [0.29, 0.717) is 0 Å². The Morgan fingerprint density at radius 2 is 2.05 bits per heavy atom. The van der Waals surface area contributed by atoms with E-state index < -0.39 is 0 Å². The fraction of sp³-hybridized carbons (Fsp3) is 0.312. The number of H-pyrrole nitrogens is 1. The van der Waals surface area contributed by atoms with Gasteiger partial charge in [-0.1, -0.05) is 45.0 Å². The maximum Gasteiger partial charge on any atom is 0.160 e. The van der Waals surface area contributed by atoms with E-state index in [4.69, 9.17) is 0 Å². The quantitative estimate of drug-likeness (QED) is 0.773. The van der Waals surface area contributed by atoms with Crippen LogP contribution in [0.3, 0.4) is 0 Å². The molecule has 0 aliphatic heterocycles. The molecule has 108 valence electrons. The van der Waals surface area contributed by atoms with Crippen LogP contribution in [-0.2, 0) is 12.0 Å². The first kappa shape index (κ1) is 13.5. The summed E-state index contributed by atoms with van der Waals surface area (Å²) in [6, 6.07) is 8.63. The Morgan fingerprint density at radius 1 is 1.19 bits per heavy atom. The summed E-state index contributed by atoms with van der Waals surface area (Å²) >= 11 is 0. The van der Waals surface area contributed by atoms with E-state index in [1.807, 2.05) is 0 Å². The molecule has 5 nitrogen and oxygen atoms in total. The molecule has 0 amide bonds. The summed E-state index contributed by atoms with van der Waals surface area (Å²) in [6.45, 7) is 7.39. The van der Waals surface area contributed by atoms with Gasteiger partial charge >= 0.3 is 0 Å². The minimum Gasteiger partial charge on any atom is -0.365 e. The van der Waals surface area contributed by atoms with Gasteiger partial charge in [0, 0.05) is 6.54 Å². The summed E-state index contributed by atoms with van der Waals surface area (Å²) in [7, 11) is 0. The summed E-state index contributed by atoms with van der Waals surface area (Å²) in [5.74, 6) is 0.801. The molecule has 21 heavy (non-hydrogen) atoms. The lowest BCUT2D eigenvalue weighted by atomic mass is 9.86. The maximum absolute atomic E-state index is 4.28. The predicted octanol–water partition coefficient (Wildman–Crippen LogP) is 3.26. The van der Waals surface area contributed by atoms with E-state index in [1.165, 1.54) is 17.5 Å². The topological polar surface area (TPSA) is 66.5 Å². The third-order valence-corrected chi connectivity index (χ3v) is 3.50. The molecule has 0 fully saturated rings. The molecule has 0 saturated heterocycles. The Morgan fingerprint density at radius 3 is 2.86 bits per heavy atom. The summed E-state index contributed by atoms with van der Waals surface area (Å²) < 4.78 is 0. The van der Waals surface area contributed by atoms with Crippen molar-refractivity contribution in [3.63, 3.8) is 0 Å². The Kier molecular flexibility index (Phi) is 3.33. The molecule has 0 atom stereocenters. The van der Waals surface area contributed by atoms with Crippen molar-refractivity contribution < 1.29 is 0 Å². The molecule has 0 aliphatic carbocycles. The molecule has 5 heteroatoms. The number of hydrogen-bond acceptors (Lipinski definition) is 4. The minimum atomic E-state index is 0.156. The summed E-state index contributed by atoms with van der Waals surface area (Å²) in [5, 5.41) is 11.1. The van der Waals surface area contributed by atoms with Crippen LogP contribution in [0.5, 0.6) is 0 Å². The normalized spacial score (nSPS) is 11.8. The van der Waals surface area contributed by atoms with Crippen LogP contribution >= 0.6 is 0 Å². The number of benzene rings is 1. The molecular formula is C16H19N5. The third-order valence-electron chi connectivity index (χ3n) is 3.50. The van der Waals surface area contributed by atoms with Gasteiger partial charge in [-0.25, -0.2) is 9.97 Å². The van der Waals surface area contributed by atoms with Crippen molar-refractivity contribution in [2.45, 2.75) is 32.7 Å². The Hall–Kier alpha value is -2.43. The minimum absolute atomic E-state index is 0.156. The van der Waals surface area contributed by atoms with Crippen LogP contribution in [0.2, 0.25) is 0 Å². The molecule has 0 unspecified atom stereocenters. The fourth-order valence-electron chi connectivity index (χ4n) is 2.24. The van der Waals surface area contributed by atoms with Gasteiger partial charge in [0.15, 0.2) is 5.65 Å². The number of aromatic amines is 1. The molecule has 0 spiro atoms. The SMILES string of the molecule is CC(C)(C)c1cccc(CNc2ncnc3[nH]ncc23)c1. The van der Waals surface area contributed by atoms with Gasteiger partial charge in [0.2, 0.25) is 0 Å². The number of rotatable bonds is 3. The molecule has 0 saturated carbocycles. The van der Waals surface area contributed by atoms with Crippen LogP contribution in [-0.4, -0.2) is 20.2 Å². The van der Waals surface area contributed by atoms with E-state index in [1.54, 1.807) is 6.20 Å². The summed E-state index contributed by atoms with van der Waals surface area (Å²) in [6.07, 6.45) is 3.28. The van der Waals surface area contributed by atoms with Crippen molar-refractivity contribution in [3.05, 3.63) is 47.9 Å². The highest BCUT2D eigenvalue weighted by molar-refractivity contribution is 5.85. The Balaban J connectivity index is 1.80. The Labute approximate surface area is 123 Å². The summed E-state index contributed by atoms with van der Waals surface area (Å²) in [4.78, 5) is 8.42. The number of nitrogens with one attached hydrogen (secondary N) is 2. The van der Waals surface area contributed by atoms with Gasteiger partial charge in [-0.15, -0.1) is 0 Å². The highest BCUT2D eigenvalue weighted by Crippen LogP contribution is 2.23. The lowest BCUT2D eigenvalue weighted by molar-refractivity contribution is 0.589. The largest absolute Gasteiger partial charge is 0.365 e.